The van der Waals surface area contributed by atoms with Crippen LogP contribution in [0.25, 0.3) is 0 Å². The highest BCUT2D eigenvalue weighted by Crippen LogP contribution is 2.16. The second kappa shape index (κ2) is 8.99. The van der Waals surface area contributed by atoms with Gasteiger partial charge in [-0.2, -0.15) is 0 Å². The number of hydrogen-bond donors (Lipinski definition) is 6. The second-order valence-electron chi connectivity index (χ2n) is 5.44. The van der Waals surface area contributed by atoms with Gasteiger partial charge in [-0.25, -0.2) is 9.78 Å². The van der Waals surface area contributed by atoms with E-state index < -0.39 is 29.3 Å². The van der Waals surface area contributed by atoms with Crippen LogP contribution in [0.1, 0.15) is 12.0 Å². The van der Waals surface area contributed by atoms with E-state index in [1.807, 2.05) is 0 Å². The smallest absolute Gasteiger partial charge is 0.319 e. The number of nitrogens with zero attached hydrogens (tertiary/aromatic N) is 1. The summed E-state index contributed by atoms with van der Waals surface area (Å²) in [7, 11) is 0. The number of aromatic amines is 1. The van der Waals surface area contributed by atoms with Crippen molar-refractivity contribution in [3.8, 4) is 5.88 Å². The molecule has 0 unspecified atom stereocenters. The Morgan fingerprint density at radius 1 is 1.19 bits per heavy atom. The molecule has 2 rings (SSSR count). The molecule has 4 amide bonds. The van der Waals surface area contributed by atoms with E-state index in [1.165, 1.54) is 6.07 Å². The topological polar surface area (TPSA) is 179 Å². The molecule has 0 saturated carbocycles. The van der Waals surface area contributed by atoms with Gasteiger partial charge in [0.25, 0.3) is 5.56 Å². The molecule has 0 aliphatic carbocycles. The third kappa shape index (κ3) is 6.16. The van der Waals surface area contributed by atoms with Crippen LogP contribution in [0.5, 0.6) is 5.88 Å². The number of aromatic nitrogens is 2. The Morgan fingerprint density at radius 3 is 2.56 bits per heavy atom. The summed E-state index contributed by atoms with van der Waals surface area (Å²) in [5.41, 5.74) is 4.98. The number of benzene rings is 1. The van der Waals surface area contributed by atoms with Gasteiger partial charge in [0.1, 0.15) is 0 Å². The first-order chi connectivity index (χ1) is 12.8. The molecule has 11 nitrogen and oxygen atoms in total. The largest absolute Gasteiger partial charge is 0.493 e. The normalized spacial score (nSPS) is 10.1. The van der Waals surface area contributed by atoms with Crippen LogP contribution in [0, 0.1) is 0 Å². The zero-order valence-corrected chi connectivity index (χ0v) is 14.1. The number of nitrogens with one attached hydrogen (secondary N) is 4. The summed E-state index contributed by atoms with van der Waals surface area (Å²) in [5.74, 6) is -1.60. The molecule has 0 spiro atoms. The summed E-state index contributed by atoms with van der Waals surface area (Å²) < 4.78 is 0. The van der Waals surface area contributed by atoms with Crippen molar-refractivity contribution in [2.24, 2.45) is 5.73 Å². The first-order valence-corrected chi connectivity index (χ1v) is 7.83. The average molecular weight is 374 g/mol. The number of nitrogens with two attached hydrogens (primary N) is 1. The predicted molar refractivity (Wildman–Crippen MR) is 96.1 cm³/mol. The van der Waals surface area contributed by atoms with E-state index in [-0.39, 0.29) is 24.9 Å². The summed E-state index contributed by atoms with van der Waals surface area (Å²) in [6.45, 7) is 0.0980. The molecule has 0 aliphatic rings. The van der Waals surface area contributed by atoms with Crippen molar-refractivity contribution in [1.82, 2.24) is 15.3 Å². The standard InChI is InChI=1S/C16H18N6O5/c17-12(23)4-5-18-16(27)22-10-3-1-2-9(6-10)21-13(24)7-11-14(25)19-8-20-15(11)26/h1-3,6,8H,4-5,7H2,(H2,17,23)(H,21,24)(H2,18,22,27)(H2,19,20,25,26). The first-order valence-electron chi connectivity index (χ1n) is 7.83. The molecule has 7 N–H and O–H groups in total. The van der Waals surface area contributed by atoms with Crippen molar-refractivity contribution in [2.45, 2.75) is 12.8 Å². The third-order valence-corrected chi connectivity index (χ3v) is 3.32. The zero-order chi connectivity index (χ0) is 19.8. The summed E-state index contributed by atoms with van der Waals surface area (Å²) in [4.78, 5) is 51.8. The van der Waals surface area contributed by atoms with Crippen molar-refractivity contribution in [3.63, 3.8) is 0 Å². The molecule has 0 aliphatic heterocycles. The molecule has 0 fully saturated rings. The van der Waals surface area contributed by atoms with Crippen molar-refractivity contribution < 1.29 is 19.5 Å². The number of carbonyl (C=O) groups is 3. The van der Waals surface area contributed by atoms with Gasteiger partial charge in [0, 0.05) is 24.3 Å². The van der Waals surface area contributed by atoms with E-state index >= 15 is 0 Å². The fourth-order valence-electron chi connectivity index (χ4n) is 2.09. The van der Waals surface area contributed by atoms with E-state index in [0.29, 0.717) is 11.4 Å². The average Bonchev–Trinajstić information content (AvgIpc) is 2.58. The fourth-order valence-corrected chi connectivity index (χ4v) is 2.09. The van der Waals surface area contributed by atoms with Crippen LogP contribution in [0.2, 0.25) is 0 Å². The summed E-state index contributed by atoms with van der Waals surface area (Å²) >= 11 is 0. The van der Waals surface area contributed by atoms with Crippen molar-refractivity contribution in [3.05, 3.63) is 46.5 Å². The molecular weight excluding hydrogens is 356 g/mol. The number of primary amides is 1. The van der Waals surface area contributed by atoms with E-state index in [4.69, 9.17) is 5.73 Å². The number of aromatic hydroxyl groups is 1. The van der Waals surface area contributed by atoms with Gasteiger partial charge in [0.05, 0.1) is 18.3 Å². The maximum absolute atomic E-state index is 12.1. The lowest BCUT2D eigenvalue weighted by Crippen LogP contribution is -2.31. The number of rotatable bonds is 7. The molecule has 1 aromatic carbocycles. The number of urea groups is 1. The van der Waals surface area contributed by atoms with Gasteiger partial charge < -0.3 is 31.8 Å². The van der Waals surface area contributed by atoms with Crippen molar-refractivity contribution >= 4 is 29.2 Å². The van der Waals surface area contributed by atoms with Gasteiger partial charge in [-0.1, -0.05) is 6.07 Å². The van der Waals surface area contributed by atoms with E-state index in [1.54, 1.807) is 18.2 Å². The molecule has 1 aromatic heterocycles. The molecule has 0 atom stereocenters. The molecule has 0 saturated heterocycles. The van der Waals surface area contributed by atoms with Crippen LogP contribution in [0.3, 0.4) is 0 Å². The highest BCUT2D eigenvalue weighted by atomic mass is 16.3. The van der Waals surface area contributed by atoms with Crippen LogP contribution < -0.4 is 27.2 Å². The van der Waals surface area contributed by atoms with Gasteiger partial charge in [0.2, 0.25) is 17.7 Å². The Kier molecular flexibility index (Phi) is 6.47. The monoisotopic (exact) mass is 374 g/mol. The lowest BCUT2D eigenvalue weighted by Gasteiger charge is -2.10. The van der Waals surface area contributed by atoms with E-state index in [9.17, 15) is 24.3 Å². The molecule has 1 heterocycles. The third-order valence-electron chi connectivity index (χ3n) is 3.32. The summed E-state index contributed by atoms with van der Waals surface area (Å²) in [5, 5.41) is 17.1. The highest BCUT2D eigenvalue weighted by Gasteiger charge is 2.13. The van der Waals surface area contributed by atoms with Gasteiger partial charge in [-0.05, 0) is 18.2 Å². The fraction of sp³-hybridized carbons (Fsp3) is 0.188. The number of amides is 4. The number of hydrogen-bond acceptors (Lipinski definition) is 6. The molecule has 11 heteroatoms. The summed E-state index contributed by atoms with van der Waals surface area (Å²) in [6.07, 6.45) is 0.673. The molecule has 142 valence electrons. The molecule has 27 heavy (non-hydrogen) atoms. The quantitative estimate of drug-likeness (QED) is 0.385. The highest BCUT2D eigenvalue weighted by molar-refractivity contribution is 5.94. The zero-order valence-electron chi connectivity index (χ0n) is 14.1. The number of carbonyl (C=O) groups excluding carboxylic acids is 3. The van der Waals surface area contributed by atoms with Gasteiger partial charge in [0.15, 0.2) is 0 Å². The first kappa shape index (κ1) is 19.4. The molecule has 2 aromatic rings. The van der Waals surface area contributed by atoms with E-state index in [0.717, 1.165) is 6.33 Å². The number of anilines is 2. The van der Waals surface area contributed by atoms with Gasteiger partial charge in [-0.15, -0.1) is 0 Å². The maximum Gasteiger partial charge on any atom is 0.319 e. The lowest BCUT2D eigenvalue weighted by atomic mass is 10.2. The minimum Gasteiger partial charge on any atom is -0.493 e. The second-order valence-corrected chi connectivity index (χ2v) is 5.44. The minimum atomic E-state index is -0.610. The van der Waals surface area contributed by atoms with Crippen LogP contribution in [-0.2, 0) is 16.0 Å². The SMILES string of the molecule is NC(=O)CCNC(=O)Nc1cccc(NC(=O)Cc2c(O)nc[nH]c2=O)c1. The predicted octanol–water partition coefficient (Wildman–Crippen LogP) is -0.346. The van der Waals surface area contributed by atoms with Gasteiger partial charge in [-0.3, -0.25) is 14.4 Å². The minimum absolute atomic E-state index is 0.0177. The Balaban J connectivity index is 1.95. The molecule has 0 radical (unpaired) electrons. The maximum atomic E-state index is 12.1. The Labute approximate surface area is 153 Å². The van der Waals surface area contributed by atoms with Crippen LogP contribution in [-0.4, -0.2) is 39.5 Å². The molecule has 0 bridgehead atoms. The molecular formula is C16H18N6O5. The Bertz CT molecular complexity index is 910. The van der Waals surface area contributed by atoms with Crippen LogP contribution in [0.4, 0.5) is 16.2 Å². The van der Waals surface area contributed by atoms with Crippen molar-refractivity contribution in [1.29, 1.82) is 0 Å². The Morgan fingerprint density at radius 2 is 1.89 bits per heavy atom. The number of H-pyrrole nitrogens is 1. The van der Waals surface area contributed by atoms with Crippen LogP contribution >= 0.6 is 0 Å². The Hall–Kier alpha value is -3.89. The van der Waals surface area contributed by atoms with Crippen LogP contribution in [0.15, 0.2) is 35.4 Å². The van der Waals surface area contributed by atoms with Crippen molar-refractivity contribution in [2.75, 3.05) is 17.2 Å². The van der Waals surface area contributed by atoms with E-state index in [2.05, 4.69) is 25.9 Å². The lowest BCUT2D eigenvalue weighted by molar-refractivity contribution is -0.118. The van der Waals surface area contributed by atoms with Gasteiger partial charge >= 0.3 is 6.03 Å². The summed E-state index contributed by atoms with van der Waals surface area (Å²) in [6, 6.07) is 5.75.